The second kappa shape index (κ2) is 5.87. The van der Waals surface area contributed by atoms with Crippen LogP contribution >= 0.6 is 0 Å². The number of hydrogen-bond donors (Lipinski definition) is 3. The van der Waals surface area contributed by atoms with Gasteiger partial charge in [-0.05, 0) is 55.2 Å². The lowest BCUT2D eigenvalue weighted by Crippen LogP contribution is -2.04. The number of rotatable bonds is 4. The van der Waals surface area contributed by atoms with Gasteiger partial charge in [0.15, 0.2) is 5.78 Å². The Labute approximate surface area is 123 Å². The Bertz CT molecular complexity index is 672. The van der Waals surface area contributed by atoms with Crippen molar-refractivity contribution in [1.82, 2.24) is 0 Å². The second-order valence-electron chi connectivity index (χ2n) is 5.15. The highest BCUT2D eigenvalue weighted by Gasteiger charge is 2.19. The maximum absolute atomic E-state index is 12.2. The quantitative estimate of drug-likeness (QED) is 0.754. The van der Waals surface area contributed by atoms with Gasteiger partial charge in [0.25, 0.3) is 0 Å². The van der Waals surface area contributed by atoms with Crippen molar-refractivity contribution in [3.8, 4) is 17.2 Å². The monoisotopic (exact) mass is 286 g/mol. The van der Waals surface area contributed by atoms with Crippen LogP contribution in [0.5, 0.6) is 17.2 Å². The zero-order valence-corrected chi connectivity index (χ0v) is 12.1. The van der Waals surface area contributed by atoms with Crippen molar-refractivity contribution in [2.45, 2.75) is 26.7 Å². The van der Waals surface area contributed by atoms with Crippen LogP contribution < -0.4 is 0 Å². The molecule has 0 aliphatic heterocycles. The van der Waals surface area contributed by atoms with E-state index in [9.17, 15) is 20.1 Å². The molecule has 4 heteroatoms. The average Bonchev–Trinajstić information content (AvgIpc) is 2.44. The van der Waals surface area contributed by atoms with Crippen LogP contribution in [-0.4, -0.2) is 21.1 Å². The molecule has 21 heavy (non-hydrogen) atoms. The molecule has 2 aromatic rings. The van der Waals surface area contributed by atoms with E-state index in [2.05, 4.69) is 0 Å². The van der Waals surface area contributed by atoms with E-state index >= 15 is 0 Å². The van der Waals surface area contributed by atoms with Crippen LogP contribution in [-0.2, 0) is 6.42 Å². The summed E-state index contributed by atoms with van der Waals surface area (Å²) in [5, 5.41) is 29.1. The summed E-state index contributed by atoms with van der Waals surface area (Å²) in [6, 6.07) is 8.09. The molecular weight excluding hydrogens is 268 g/mol. The minimum atomic E-state index is -0.304. The molecule has 0 atom stereocenters. The third-order valence-corrected chi connectivity index (χ3v) is 3.65. The van der Waals surface area contributed by atoms with E-state index in [4.69, 9.17) is 0 Å². The predicted molar refractivity (Wildman–Crippen MR) is 80.0 cm³/mol. The fraction of sp³-hybridized carbons (Fsp3) is 0.235. The van der Waals surface area contributed by atoms with Crippen molar-refractivity contribution < 1.29 is 20.1 Å². The van der Waals surface area contributed by atoms with E-state index in [-0.39, 0.29) is 35.0 Å². The summed E-state index contributed by atoms with van der Waals surface area (Å²) >= 11 is 0. The molecule has 3 N–H and O–H groups in total. The van der Waals surface area contributed by atoms with Gasteiger partial charge in [-0.25, -0.2) is 0 Å². The van der Waals surface area contributed by atoms with Crippen LogP contribution in [0.4, 0.5) is 0 Å². The lowest BCUT2D eigenvalue weighted by atomic mass is 9.97. The Balaban J connectivity index is 2.18. The minimum Gasteiger partial charge on any atom is -0.508 e. The molecule has 0 spiro atoms. The van der Waals surface area contributed by atoms with Crippen LogP contribution in [0, 0.1) is 13.8 Å². The molecule has 0 radical (unpaired) electrons. The van der Waals surface area contributed by atoms with Crippen molar-refractivity contribution in [3.05, 3.63) is 52.6 Å². The van der Waals surface area contributed by atoms with E-state index < -0.39 is 0 Å². The first-order valence-electron chi connectivity index (χ1n) is 6.73. The molecule has 0 saturated carbocycles. The van der Waals surface area contributed by atoms with Gasteiger partial charge in [0.05, 0.1) is 0 Å². The van der Waals surface area contributed by atoms with Gasteiger partial charge in [-0.15, -0.1) is 0 Å². The summed E-state index contributed by atoms with van der Waals surface area (Å²) in [6.45, 7) is 3.47. The van der Waals surface area contributed by atoms with Gasteiger partial charge in [-0.1, -0.05) is 12.1 Å². The fourth-order valence-electron chi connectivity index (χ4n) is 2.20. The molecule has 0 aliphatic rings. The molecule has 2 aromatic carbocycles. The molecule has 2 rings (SSSR count). The van der Waals surface area contributed by atoms with Crippen molar-refractivity contribution in [2.75, 3.05) is 0 Å². The number of carbonyl (C=O) groups is 1. The topological polar surface area (TPSA) is 77.8 Å². The number of aryl methyl sites for hydroxylation is 2. The molecule has 0 heterocycles. The highest BCUT2D eigenvalue weighted by molar-refractivity contribution is 6.01. The molecule has 0 aliphatic carbocycles. The number of hydrogen-bond acceptors (Lipinski definition) is 4. The van der Waals surface area contributed by atoms with Crippen LogP contribution in [0.15, 0.2) is 30.3 Å². The molecule has 0 bridgehead atoms. The van der Waals surface area contributed by atoms with E-state index in [0.29, 0.717) is 12.0 Å². The molecule has 4 nitrogen and oxygen atoms in total. The number of benzene rings is 2. The van der Waals surface area contributed by atoms with Gasteiger partial charge in [-0.2, -0.15) is 0 Å². The van der Waals surface area contributed by atoms with E-state index in [0.717, 1.165) is 11.1 Å². The summed E-state index contributed by atoms with van der Waals surface area (Å²) in [4.78, 5) is 12.2. The van der Waals surface area contributed by atoms with Crippen molar-refractivity contribution in [2.24, 2.45) is 0 Å². The Morgan fingerprint density at radius 3 is 2.29 bits per heavy atom. The van der Waals surface area contributed by atoms with Crippen molar-refractivity contribution in [3.63, 3.8) is 0 Å². The van der Waals surface area contributed by atoms with Gasteiger partial charge in [0.1, 0.15) is 22.8 Å². The third kappa shape index (κ3) is 3.16. The van der Waals surface area contributed by atoms with Gasteiger partial charge >= 0.3 is 0 Å². The Morgan fingerprint density at radius 2 is 1.67 bits per heavy atom. The van der Waals surface area contributed by atoms with E-state index in [1.54, 1.807) is 38.1 Å². The summed E-state index contributed by atoms with van der Waals surface area (Å²) in [5.74, 6) is -0.467. The molecular formula is C17H18O4. The smallest absolute Gasteiger partial charge is 0.170 e. The maximum Gasteiger partial charge on any atom is 0.170 e. The van der Waals surface area contributed by atoms with Crippen LogP contribution in [0.1, 0.15) is 33.5 Å². The number of ketones is 1. The standard InChI is InChI=1S/C17H18O4/c1-10-9-15(20)16(17(21)11(10)2)14(19)8-5-12-3-6-13(18)7-4-12/h3-4,6-7,9,18,20-21H,5,8H2,1-2H3. The first-order chi connectivity index (χ1) is 9.90. The zero-order chi connectivity index (χ0) is 15.6. The fourth-order valence-corrected chi connectivity index (χ4v) is 2.20. The lowest BCUT2D eigenvalue weighted by Gasteiger charge is -2.11. The zero-order valence-electron chi connectivity index (χ0n) is 12.1. The largest absolute Gasteiger partial charge is 0.508 e. The molecule has 0 unspecified atom stereocenters. The summed E-state index contributed by atoms with van der Waals surface area (Å²) < 4.78 is 0. The number of Topliss-reactive ketones (excluding diaryl/α,β-unsaturated/α-hetero) is 1. The first-order valence-corrected chi connectivity index (χ1v) is 6.73. The highest BCUT2D eigenvalue weighted by atomic mass is 16.3. The van der Waals surface area contributed by atoms with Crippen molar-refractivity contribution in [1.29, 1.82) is 0 Å². The summed E-state index contributed by atoms with van der Waals surface area (Å²) in [6.07, 6.45) is 0.652. The van der Waals surface area contributed by atoms with E-state index in [1.807, 2.05) is 0 Å². The van der Waals surface area contributed by atoms with Crippen molar-refractivity contribution >= 4 is 5.78 Å². The number of carbonyl (C=O) groups excluding carboxylic acids is 1. The molecule has 0 fully saturated rings. The third-order valence-electron chi connectivity index (χ3n) is 3.65. The maximum atomic E-state index is 12.2. The van der Waals surface area contributed by atoms with Gasteiger partial charge < -0.3 is 15.3 Å². The summed E-state index contributed by atoms with van der Waals surface area (Å²) in [7, 11) is 0. The normalized spacial score (nSPS) is 10.6. The first kappa shape index (κ1) is 14.9. The van der Waals surface area contributed by atoms with Crippen LogP contribution in [0.3, 0.4) is 0 Å². The van der Waals surface area contributed by atoms with Gasteiger partial charge in [0.2, 0.25) is 0 Å². The Morgan fingerprint density at radius 1 is 1.05 bits per heavy atom. The highest BCUT2D eigenvalue weighted by Crippen LogP contribution is 2.34. The second-order valence-corrected chi connectivity index (χ2v) is 5.15. The van der Waals surface area contributed by atoms with E-state index in [1.165, 1.54) is 6.07 Å². The number of phenolic OH excluding ortho intramolecular Hbond substituents is 3. The SMILES string of the molecule is Cc1cc(O)c(C(=O)CCc2ccc(O)cc2)c(O)c1C. The molecule has 110 valence electrons. The Hall–Kier alpha value is -2.49. The number of phenols is 3. The molecule has 0 saturated heterocycles. The lowest BCUT2D eigenvalue weighted by molar-refractivity contribution is 0.0977. The van der Waals surface area contributed by atoms with Gasteiger partial charge in [-0.3, -0.25) is 4.79 Å². The number of aromatic hydroxyl groups is 3. The predicted octanol–water partition coefficient (Wildman–Crippen LogP) is 3.24. The van der Waals surface area contributed by atoms with Crippen LogP contribution in [0.25, 0.3) is 0 Å². The van der Waals surface area contributed by atoms with Crippen LogP contribution in [0.2, 0.25) is 0 Å². The Kier molecular flexibility index (Phi) is 4.17. The minimum absolute atomic E-state index is 0.0168. The molecule has 0 aromatic heterocycles. The van der Waals surface area contributed by atoms with Gasteiger partial charge in [0, 0.05) is 6.42 Å². The average molecular weight is 286 g/mol. The molecule has 0 amide bonds. The summed E-state index contributed by atoms with van der Waals surface area (Å²) in [5.41, 5.74) is 2.22.